The van der Waals surface area contributed by atoms with E-state index in [-0.39, 0.29) is 18.1 Å². The zero-order valence-corrected chi connectivity index (χ0v) is 12.8. The third-order valence-corrected chi connectivity index (χ3v) is 3.38. The molecule has 1 unspecified atom stereocenters. The fourth-order valence-electron chi connectivity index (χ4n) is 1.80. The van der Waals surface area contributed by atoms with E-state index >= 15 is 0 Å². The molecule has 0 aliphatic carbocycles. The van der Waals surface area contributed by atoms with Gasteiger partial charge in [0.15, 0.2) is 0 Å². The van der Waals surface area contributed by atoms with E-state index in [0.29, 0.717) is 0 Å². The number of hydrogen-bond donors (Lipinski definition) is 2. The highest BCUT2D eigenvalue weighted by Crippen LogP contribution is 2.15. The Morgan fingerprint density at radius 3 is 2.14 bits per heavy atom. The van der Waals surface area contributed by atoms with Crippen LogP contribution in [-0.2, 0) is 19.1 Å². The van der Waals surface area contributed by atoms with Crippen molar-refractivity contribution in [3.05, 3.63) is 11.1 Å². The number of carboxylic acid groups (broad SMARTS) is 2. The third-order valence-electron chi connectivity index (χ3n) is 3.38. The van der Waals surface area contributed by atoms with E-state index in [1.54, 1.807) is 0 Å². The van der Waals surface area contributed by atoms with Gasteiger partial charge in [-0.15, -0.1) is 0 Å². The second kappa shape index (κ2) is 9.96. The van der Waals surface area contributed by atoms with Gasteiger partial charge in [-0.3, -0.25) is 4.79 Å². The molecule has 6 heteroatoms. The van der Waals surface area contributed by atoms with E-state index in [0.717, 1.165) is 32.6 Å². The van der Waals surface area contributed by atoms with Gasteiger partial charge in [0.05, 0.1) is 18.6 Å². The van der Waals surface area contributed by atoms with Crippen molar-refractivity contribution in [1.82, 2.24) is 0 Å². The Morgan fingerprint density at radius 1 is 1.10 bits per heavy atom. The zero-order valence-electron chi connectivity index (χ0n) is 12.8. The molecule has 0 spiro atoms. The molecule has 0 aliphatic rings. The topological polar surface area (TPSA) is 101 Å². The SMILES string of the molecule is CCCCC(CC)COC(=O)CC(C(=O)O)=C(C)C(=O)O. The fraction of sp³-hybridized carbons (Fsp3) is 0.667. The molecule has 0 amide bonds. The van der Waals surface area contributed by atoms with Crippen LogP contribution in [-0.4, -0.2) is 34.7 Å². The van der Waals surface area contributed by atoms with Crippen molar-refractivity contribution in [2.24, 2.45) is 5.92 Å². The molecule has 0 fully saturated rings. The van der Waals surface area contributed by atoms with Gasteiger partial charge in [-0.1, -0.05) is 33.1 Å². The first-order chi connectivity index (χ1) is 9.83. The second-order valence-electron chi connectivity index (χ2n) is 4.99. The van der Waals surface area contributed by atoms with Gasteiger partial charge in [0.2, 0.25) is 0 Å². The van der Waals surface area contributed by atoms with Crippen molar-refractivity contribution in [3.63, 3.8) is 0 Å². The van der Waals surface area contributed by atoms with E-state index in [9.17, 15) is 14.4 Å². The lowest BCUT2D eigenvalue weighted by molar-refractivity contribution is -0.146. The van der Waals surface area contributed by atoms with E-state index in [1.807, 2.05) is 6.92 Å². The van der Waals surface area contributed by atoms with Gasteiger partial charge in [0.25, 0.3) is 0 Å². The van der Waals surface area contributed by atoms with E-state index < -0.39 is 29.9 Å². The smallest absolute Gasteiger partial charge is 0.332 e. The van der Waals surface area contributed by atoms with Gasteiger partial charge >= 0.3 is 17.9 Å². The van der Waals surface area contributed by atoms with Gasteiger partial charge in [0, 0.05) is 5.57 Å². The van der Waals surface area contributed by atoms with Crippen LogP contribution in [0.25, 0.3) is 0 Å². The average molecular weight is 300 g/mol. The number of carbonyl (C=O) groups is 3. The molecule has 0 aromatic heterocycles. The van der Waals surface area contributed by atoms with Crippen LogP contribution < -0.4 is 0 Å². The van der Waals surface area contributed by atoms with E-state index in [4.69, 9.17) is 14.9 Å². The molecular weight excluding hydrogens is 276 g/mol. The summed E-state index contributed by atoms with van der Waals surface area (Å²) in [5, 5.41) is 17.7. The first-order valence-electron chi connectivity index (χ1n) is 7.15. The Hall–Kier alpha value is -1.85. The summed E-state index contributed by atoms with van der Waals surface area (Å²) in [4.78, 5) is 33.4. The van der Waals surface area contributed by atoms with Gasteiger partial charge in [-0.25, -0.2) is 9.59 Å². The summed E-state index contributed by atoms with van der Waals surface area (Å²) in [6.07, 6.45) is 3.42. The van der Waals surface area contributed by atoms with Crippen molar-refractivity contribution in [1.29, 1.82) is 0 Å². The number of unbranched alkanes of at least 4 members (excludes halogenated alkanes) is 1. The van der Waals surface area contributed by atoms with Crippen LogP contribution in [0.3, 0.4) is 0 Å². The highest BCUT2D eigenvalue weighted by molar-refractivity contribution is 6.01. The van der Waals surface area contributed by atoms with Crippen LogP contribution in [0, 0.1) is 5.92 Å². The molecule has 0 aromatic carbocycles. The molecule has 0 saturated carbocycles. The number of esters is 1. The molecule has 0 saturated heterocycles. The molecule has 2 N–H and O–H groups in total. The fourth-order valence-corrected chi connectivity index (χ4v) is 1.80. The van der Waals surface area contributed by atoms with Crippen molar-refractivity contribution >= 4 is 17.9 Å². The van der Waals surface area contributed by atoms with Crippen LogP contribution in [0.2, 0.25) is 0 Å². The molecule has 0 aliphatic heterocycles. The minimum absolute atomic E-state index is 0.244. The van der Waals surface area contributed by atoms with Crippen molar-refractivity contribution in [2.75, 3.05) is 6.61 Å². The zero-order chi connectivity index (χ0) is 16.4. The molecule has 0 rings (SSSR count). The highest BCUT2D eigenvalue weighted by atomic mass is 16.5. The first kappa shape index (κ1) is 19.1. The maximum absolute atomic E-state index is 11.7. The molecule has 1 atom stereocenters. The Bertz CT molecular complexity index is 410. The lowest BCUT2D eigenvalue weighted by Gasteiger charge is -2.14. The van der Waals surface area contributed by atoms with Crippen LogP contribution in [0.15, 0.2) is 11.1 Å². The highest BCUT2D eigenvalue weighted by Gasteiger charge is 2.21. The summed E-state index contributed by atoms with van der Waals surface area (Å²) in [6, 6.07) is 0. The number of carbonyl (C=O) groups excluding carboxylic acids is 1. The monoisotopic (exact) mass is 300 g/mol. The van der Waals surface area contributed by atoms with Crippen molar-refractivity contribution in [2.45, 2.75) is 52.9 Å². The van der Waals surface area contributed by atoms with Crippen molar-refractivity contribution < 1.29 is 29.3 Å². The largest absolute Gasteiger partial charge is 0.478 e. The quantitative estimate of drug-likeness (QED) is 0.475. The molecule has 0 radical (unpaired) electrons. The molecule has 120 valence electrons. The standard InChI is InChI=1S/C15H24O6/c1-4-6-7-11(5-2)9-21-13(16)8-12(15(19)20)10(3)14(17)18/h11H,4-9H2,1-3H3,(H,17,18)(H,19,20). The Morgan fingerprint density at radius 2 is 1.71 bits per heavy atom. The summed E-state index contributed by atoms with van der Waals surface area (Å²) in [7, 11) is 0. The summed E-state index contributed by atoms with van der Waals surface area (Å²) in [6.45, 7) is 5.49. The maximum Gasteiger partial charge on any atom is 0.332 e. The van der Waals surface area contributed by atoms with Gasteiger partial charge in [-0.2, -0.15) is 0 Å². The van der Waals surface area contributed by atoms with E-state index in [1.165, 1.54) is 0 Å². The van der Waals surface area contributed by atoms with Crippen molar-refractivity contribution in [3.8, 4) is 0 Å². The van der Waals surface area contributed by atoms with E-state index in [2.05, 4.69) is 6.92 Å². The second-order valence-corrected chi connectivity index (χ2v) is 4.99. The van der Waals surface area contributed by atoms with Crippen LogP contribution in [0.4, 0.5) is 0 Å². The Labute approximate surface area is 124 Å². The van der Waals surface area contributed by atoms with Crippen LogP contribution in [0.5, 0.6) is 0 Å². The molecule has 0 heterocycles. The summed E-state index contributed by atoms with van der Waals surface area (Å²) < 4.78 is 5.07. The van der Waals surface area contributed by atoms with Gasteiger partial charge in [-0.05, 0) is 19.3 Å². The minimum Gasteiger partial charge on any atom is -0.478 e. The Balaban J connectivity index is 4.56. The predicted octanol–water partition coefficient (Wildman–Crippen LogP) is 2.62. The normalized spacial score (nSPS) is 13.3. The molecule has 21 heavy (non-hydrogen) atoms. The van der Waals surface area contributed by atoms with Gasteiger partial charge < -0.3 is 14.9 Å². The number of carboxylic acids is 2. The lowest BCUT2D eigenvalue weighted by Crippen LogP contribution is -2.18. The number of hydrogen-bond acceptors (Lipinski definition) is 4. The summed E-state index contributed by atoms with van der Waals surface area (Å²) in [5.41, 5.74) is -0.786. The van der Waals surface area contributed by atoms with Crippen LogP contribution in [0.1, 0.15) is 52.9 Å². The molecule has 0 aromatic rings. The first-order valence-corrected chi connectivity index (χ1v) is 7.15. The minimum atomic E-state index is -1.41. The third kappa shape index (κ3) is 7.48. The molecule has 0 bridgehead atoms. The predicted molar refractivity (Wildman–Crippen MR) is 76.9 cm³/mol. The number of aliphatic carboxylic acids is 2. The molecular formula is C15H24O6. The maximum atomic E-state index is 11.7. The summed E-state index contributed by atoms with van der Waals surface area (Å²) >= 11 is 0. The number of ether oxygens (including phenoxy) is 1. The Kier molecular flexibility index (Phi) is 9.08. The molecule has 6 nitrogen and oxygen atoms in total. The average Bonchev–Trinajstić information content (AvgIpc) is 2.43. The van der Waals surface area contributed by atoms with Crippen LogP contribution >= 0.6 is 0 Å². The number of rotatable bonds is 10. The summed E-state index contributed by atoms with van der Waals surface area (Å²) in [5.74, 6) is -3.21. The lowest BCUT2D eigenvalue weighted by atomic mass is 10.0. The van der Waals surface area contributed by atoms with Gasteiger partial charge in [0.1, 0.15) is 0 Å².